The monoisotopic (exact) mass is 243 g/mol. The molecule has 0 aliphatic rings. The molecule has 0 aliphatic heterocycles. The molecule has 2 N–H and O–H groups in total. The van der Waals surface area contributed by atoms with E-state index in [0.717, 1.165) is 17.5 Å². The number of H-pyrrole nitrogens is 1. The molecule has 5 heteroatoms. The molecule has 5 nitrogen and oxygen atoms in total. The molecule has 0 amide bonds. The molecule has 3 rings (SSSR count). The van der Waals surface area contributed by atoms with Crippen LogP contribution in [0, 0.1) is 0 Å². The number of nitrogens with zero attached hydrogens (tertiary/aromatic N) is 2. The largest absolute Gasteiger partial charge is 0.481 e. The van der Waals surface area contributed by atoms with Crippen LogP contribution in [0.3, 0.4) is 0 Å². The highest BCUT2D eigenvalue weighted by molar-refractivity contribution is 5.80. The molecule has 1 aromatic carbocycles. The molecular formula is C13H13N3O2. The van der Waals surface area contributed by atoms with Gasteiger partial charge in [-0.25, -0.2) is 4.98 Å². The Bertz CT molecular complexity index is 739. The Kier molecular flexibility index (Phi) is 2.33. The van der Waals surface area contributed by atoms with Gasteiger partial charge < -0.3 is 10.1 Å². The first-order chi connectivity index (χ1) is 8.67. The predicted octanol–water partition coefficient (Wildman–Crippen LogP) is 2.01. The van der Waals surface area contributed by atoms with Crippen LogP contribution in [-0.4, -0.2) is 25.4 Å². The van der Waals surface area contributed by atoms with Gasteiger partial charge in [0.25, 0.3) is 0 Å². The topological polar surface area (TPSA) is 70.4 Å². The fraction of sp³-hybridized carbons (Fsp3) is 0.231. The Morgan fingerprint density at radius 1 is 1.50 bits per heavy atom. The van der Waals surface area contributed by atoms with Gasteiger partial charge in [-0.1, -0.05) is 13.0 Å². The van der Waals surface area contributed by atoms with E-state index < -0.39 is 5.97 Å². The van der Waals surface area contributed by atoms with Crippen molar-refractivity contribution in [3.05, 3.63) is 35.7 Å². The number of carboxylic acids is 1. The standard InChI is InChI=1S/C13H13N3O2/c1-2-8-3-4-11-10(5-8)15-13-14-9(6-12(17)18)7-16(11)13/h3-5,7H,2,6H2,1H3,(H,14,15)(H,17,18). The molecule has 2 heterocycles. The number of aryl methyl sites for hydroxylation is 1. The lowest BCUT2D eigenvalue weighted by atomic mass is 10.1. The summed E-state index contributed by atoms with van der Waals surface area (Å²) in [4.78, 5) is 18.2. The summed E-state index contributed by atoms with van der Waals surface area (Å²) in [6.07, 6.45) is 2.76. The molecule has 0 atom stereocenters. The zero-order valence-corrected chi connectivity index (χ0v) is 9.97. The number of aromatic amines is 1. The summed E-state index contributed by atoms with van der Waals surface area (Å²) in [7, 11) is 0. The van der Waals surface area contributed by atoms with Gasteiger partial charge in [0.15, 0.2) is 0 Å². The molecule has 0 bridgehead atoms. The first-order valence-electron chi connectivity index (χ1n) is 5.87. The maximum Gasteiger partial charge on any atom is 0.309 e. The average molecular weight is 243 g/mol. The molecule has 2 aromatic heterocycles. The van der Waals surface area contributed by atoms with E-state index in [4.69, 9.17) is 5.11 Å². The van der Waals surface area contributed by atoms with Gasteiger partial charge in [0.1, 0.15) is 0 Å². The number of hydrogen-bond acceptors (Lipinski definition) is 2. The van der Waals surface area contributed by atoms with Crippen molar-refractivity contribution in [3.63, 3.8) is 0 Å². The molecule has 18 heavy (non-hydrogen) atoms. The van der Waals surface area contributed by atoms with Crippen molar-refractivity contribution in [2.45, 2.75) is 19.8 Å². The lowest BCUT2D eigenvalue weighted by molar-refractivity contribution is -0.136. The quantitative estimate of drug-likeness (QED) is 0.739. The van der Waals surface area contributed by atoms with Crippen LogP contribution >= 0.6 is 0 Å². The maximum absolute atomic E-state index is 10.7. The third-order valence-corrected chi connectivity index (χ3v) is 3.06. The highest BCUT2D eigenvalue weighted by Crippen LogP contribution is 2.19. The van der Waals surface area contributed by atoms with E-state index in [-0.39, 0.29) is 6.42 Å². The van der Waals surface area contributed by atoms with Gasteiger partial charge in [-0.2, -0.15) is 0 Å². The number of aromatic nitrogens is 3. The number of rotatable bonds is 3. The Labute approximate surface area is 103 Å². The molecule has 0 unspecified atom stereocenters. The van der Waals surface area contributed by atoms with Crippen LogP contribution in [0.1, 0.15) is 18.2 Å². The number of aliphatic carboxylic acids is 1. The minimum Gasteiger partial charge on any atom is -0.481 e. The van der Waals surface area contributed by atoms with E-state index in [1.165, 1.54) is 5.56 Å². The van der Waals surface area contributed by atoms with E-state index in [1.807, 2.05) is 10.5 Å². The Hall–Kier alpha value is -2.30. The lowest BCUT2D eigenvalue weighted by Gasteiger charge is -1.95. The maximum atomic E-state index is 10.7. The van der Waals surface area contributed by atoms with Crippen molar-refractivity contribution in [1.82, 2.24) is 14.4 Å². The van der Waals surface area contributed by atoms with Crippen molar-refractivity contribution in [2.24, 2.45) is 0 Å². The van der Waals surface area contributed by atoms with E-state index in [9.17, 15) is 4.79 Å². The molecule has 0 spiro atoms. The summed E-state index contributed by atoms with van der Waals surface area (Å²) in [6, 6.07) is 6.15. The van der Waals surface area contributed by atoms with Crippen molar-refractivity contribution in [3.8, 4) is 0 Å². The first-order valence-corrected chi connectivity index (χ1v) is 5.87. The van der Waals surface area contributed by atoms with E-state index >= 15 is 0 Å². The highest BCUT2D eigenvalue weighted by Gasteiger charge is 2.10. The van der Waals surface area contributed by atoms with Crippen LogP contribution in [-0.2, 0) is 17.6 Å². The zero-order chi connectivity index (χ0) is 12.7. The fourth-order valence-electron chi connectivity index (χ4n) is 2.17. The fourth-order valence-corrected chi connectivity index (χ4v) is 2.17. The Morgan fingerprint density at radius 3 is 3.06 bits per heavy atom. The average Bonchev–Trinajstić information content (AvgIpc) is 2.83. The van der Waals surface area contributed by atoms with Gasteiger partial charge in [-0.3, -0.25) is 9.20 Å². The predicted molar refractivity (Wildman–Crippen MR) is 67.8 cm³/mol. The summed E-state index contributed by atoms with van der Waals surface area (Å²) in [6.45, 7) is 2.11. The summed E-state index contributed by atoms with van der Waals surface area (Å²) < 4.78 is 1.90. The van der Waals surface area contributed by atoms with Gasteiger partial charge in [0.05, 0.1) is 17.5 Å². The van der Waals surface area contributed by atoms with Crippen molar-refractivity contribution in [1.29, 1.82) is 0 Å². The molecule has 92 valence electrons. The number of fused-ring (bicyclic) bond motifs is 3. The van der Waals surface area contributed by atoms with Crippen LogP contribution in [0.2, 0.25) is 0 Å². The van der Waals surface area contributed by atoms with E-state index in [0.29, 0.717) is 11.5 Å². The number of benzene rings is 1. The van der Waals surface area contributed by atoms with Crippen molar-refractivity contribution >= 4 is 22.8 Å². The van der Waals surface area contributed by atoms with Crippen LogP contribution < -0.4 is 0 Å². The smallest absolute Gasteiger partial charge is 0.309 e. The van der Waals surface area contributed by atoms with Crippen molar-refractivity contribution < 1.29 is 9.90 Å². The molecule has 0 saturated carbocycles. The summed E-state index contributed by atoms with van der Waals surface area (Å²) in [5.74, 6) is -0.161. The molecule has 0 radical (unpaired) electrons. The Morgan fingerprint density at radius 2 is 2.33 bits per heavy atom. The first kappa shape index (κ1) is 10.8. The van der Waals surface area contributed by atoms with Gasteiger partial charge in [-0.15, -0.1) is 0 Å². The Balaban J connectivity index is 2.16. The number of nitrogens with one attached hydrogen (secondary N) is 1. The van der Waals surface area contributed by atoms with E-state index in [1.54, 1.807) is 6.20 Å². The molecular weight excluding hydrogens is 230 g/mol. The van der Waals surface area contributed by atoms with Crippen LogP contribution in [0.4, 0.5) is 0 Å². The van der Waals surface area contributed by atoms with Gasteiger partial charge in [-0.05, 0) is 24.1 Å². The minimum absolute atomic E-state index is 0.0160. The normalized spacial score (nSPS) is 11.4. The molecule has 0 aliphatic carbocycles. The third-order valence-electron chi connectivity index (χ3n) is 3.06. The van der Waals surface area contributed by atoms with Gasteiger partial charge in [0.2, 0.25) is 5.78 Å². The number of carbonyl (C=O) groups is 1. The second kappa shape index (κ2) is 3.87. The SMILES string of the molecule is CCc1ccc2c(c1)nc1[nH]c(CC(=O)O)cn12. The summed E-state index contributed by atoms with van der Waals surface area (Å²) >= 11 is 0. The summed E-state index contributed by atoms with van der Waals surface area (Å²) in [5, 5.41) is 8.76. The third kappa shape index (κ3) is 1.64. The molecule has 0 saturated heterocycles. The number of imidazole rings is 2. The number of carboxylic acid groups (broad SMARTS) is 1. The summed E-state index contributed by atoms with van der Waals surface area (Å²) in [5.41, 5.74) is 3.83. The zero-order valence-electron chi connectivity index (χ0n) is 9.97. The van der Waals surface area contributed by atoms with Gasteiger partial charge >= 0.3 is 5.97 Å². The van der Waals surface area contributed by atoms with Crippen LogP contribution in [0.5, 0.6) is 0 Å². The van der Waals surface area contributed by atoms with Crippen LogP contribution in [0.25, 0.3) is 16.8 Å². The van der Waals surface area contributed by atoms with Crippen molar-refractivity contribution in [2.75, 3.05) is 0 Å². The van der Waals surface area contributed by atoms with Gasteiger partial charge in [0, 0.05) is 11.9 Å². The minimum atomic E-state index is -0.850. The van der Waals surface area contributed by atoms with Crippen LogP contribution in [0.15, 0.2) is 24.4 Å². The number of hydrogen-bond donors (Lipinski definition) is 2. The van der Waals surface area contributed by atoms with E-state index in [2.05, 4.69) is 29.0 Å². The second-order valence-corrected chi connectivity index (χ2v) is 4.33. The highest BCUT2D eigenvalue weighted by atomic mass is 16.4. The molecule has 3 aromatic rings. The lowest BCUT2D eigenvalue weighted by Crippen LogP contribution is -1.99. The molecule has 0 fully saturated rings. The second-order valence-electron chi connectivity index (χ2n) is 4.33.